The predicted octanol–water partition coefficient (Wildman–Crippen LogP) is 4.66. The molecule has 44 heavy (non-hydrogen) atoms. The van der Waals surface area contributed by atoms with Crippen molar-refractivity contribution in [1.29, 1.82) is 5.26 Å². The van der Waals surface area contributed by atoms with Crippen LogP contribution < -0.4 is 29.1 Å². The van der Waals surface area contributed by atoms with E-state index in [2.05, 4.69) is 11.1 Å². The third-order valence-corrected chi connectivity index (χ3v) is 8.03. The number of hydrogen-bond acceptors (Lipinski definition) is 9. The molecule has 0 aliphatic carbocycles. The van der Waals surface area contributed by atoms with Gasteiger partial charge in [-0.15, -0.1) is 0 Å². The SMILES string of the molecule is CCOC(=O)C1=C(C)N=c2s/c(=C\c3cccc(OC)c3OCc3ccccc3C#N)c(=O)n2[C@@H]1c1ccc(OCC)cc1. The zero-order valence-corrected chi connectivity index (χ0v) is 25.6. The number of ether oxygens (including phenoxy) is 4. The number of rotatable bonds is 10. The normalized spacial score (nSPS) is 14.3. The second kappa shape index (κ2) is 13.4. The Morgan fingerprint density at radius 3 is 2.52 bits per heavy atom. The monoisotopic (exact) mass is 609 g/mol. The number of esters is 1. The molecule has 0 bridgehead atoms. The number of carbonyl (C=O) groups is 1. The van der Waals surface area contributed by atoms with E-state index in [1.807, 2.05) is 55.5 Å². The van der Waals surface area contributed by atoms with E-state index in [0.717, 1.165) is 11.1 Å². The maximum atomic E-state index is 14.1. The number of benzene rings is 3. The van der Waals surface area contributed by atoms with Gasteiger partial charge >= 0.3 is 5.97 Å². The highest BCUT2D eigenvalue weighted by atomic mass is 32.1. The molecule has 0 radical (unpaired) electrons. The lowest BCUT2D eigenvalue weighted by atomic mass is 9.96. The van der Waals surface area contributed by atoms with E-state index < -0.39 is 12.0 Å². The number of aromatic nitrogens is 1. The highest BCUT2D eigenvalue weighted by molar-refractivity contribution is 7.07. The van der Waals surface area contributed by atoms with Crippen LogP contribution in [0.15, 0.2) is 87.8 Å². The molecule has 3 aromatic carbocycles. The smallest absolute Gasteiger partial charge is 0.338 e. The second-order valence-corrected chi connectivity index (χ2v) is 10.7. The van der Waals surface area contributed by atoms with Crippen molar-refractivity contribution in [2.45, 2.75) is 33.4 Å². The van der Waals surface area contributed by atoms with E-state index in [4.69, 9.17) is 18.9 Å². The van der Waals surface area contributed by atoms with Crippen molar-refractivity contribution in [3.8, 4) is 23.3 Å². The number of hydrogen-bond donors (Lipinski definition) is 0. The minimum absolute atomic E-state index is 0.131. The van der Waals surface area contributed by atoms with Crippen LogP contribution >= 0.6 is 11.3 Å². The van der Waals surface area contributed by atoms with Gasteiger partial charge in [0.25, 0.3) is 5.56 Å². The molecule has 9 nitrogen and oxygen atoms in total. The molecule has 1 aliphatic heterocycles. The quantitative estimate of drug-likeness (QED) is 0.241. The summed E-state index contributed by atoms with van der Waals surface area (Å²) < 4.78 is 24.7. The zero-order valence-electron chi connectivity index (χ0n) is 24.8. The first-order valence-corrected chi connectivity index (χ1v) is 14.9. The van der Waals surface area contributed by atoms with E-state index in [1.54, 1.807) is 45.2 Å². The number of methoxy groups -OCH3 is 1. The van der Waals surface area contributed by atoms with Crippen LogP contribution in [0.4, 0.5) is 0 Å². The van der Waals surface area contributed by atoms with Gasteiger partial charge in [0.05, 0.1) is 53.8 Å². The molecule has 2 heterocycles. The topological polar surface area (TPSA) is 112 Å². The van der Waals surface area contributed by atoms with Gasteiger partial charge in [-0.3, -0.25) is 9.36 Å². The summed E-state index contributed by atoms with van der Waals surface area (Å²) in [5.74, 6) is 1.07. The van der Waals surface area contributed by atoms with Crippen LogP contribution in [0.25, 0.3) is 6.08 Å². The van der Waals surface area contributed by atoms with Crippen LogP contribution in [-0.4, -0.2) is 30.9 Å². The van der Waals surface area contributed by atoms with Gasteiger partial charge in [-0.2, -0.15) is 5.26 Å². The molecule has 0 unspecified atom stereocenters. The summed E-state index contributed by atoms with van der Waals surface area (Å²) in [7, 11) is 1.54. The van der Waals surface area contributed by atoms with E-state index in [-0.39, 0.29) is 18.8 Å². The fourth-order valence-electron chi connectivity index (χ4n) is 5.03. The van der Waals surface area contributed by atoms with Gasteiger partial charge in [0.2, 0.25) is 0 Å². The Hall–Kier alpha value is -5.14. The number of carbonyl (C=O) groups excluding carboxylic acids is 1. The molecule has 0 saturated carbocycles. The number of allylic oxidation sites excluding steroid dienone is 1. The number of thiazole rings is 1. The van der Waals surface area contributed by atoms with E-state index in [0.29, 0.717) is 55.6 Å². The predicted molar refractivity (Wildman–Crippen MR) is 166 cm³/mol. The molecule has 224 valence electrons. The van der Waals surface area contributed by atoms with E-state index >= 15 is 0 Å². The van der Waals surface area contributed by atoms with Gasteiger partial charge in [0.1, 0.15) is 12.4 Å². The summed E-state index contributed by atoms with van der Waals surface area (Å²) >= 11 is 1.22. The van der Waals surface area contributed by atoms with Crippen LogP contribution in [0.2, 0.25) is 0 Å². The summed E-state index contributed by atoms with van der Waals surface area (Å²) in [5, 5.41) is 9.50. The highest BCUT2D eigenvalue weighted by Gasteiger charge is 2.33. The molecule has 10 heteroatoms. The largest absolute Gasteiger partial charge is 0.494 e. The standard InChI is InChI=1S/C34H31N3O6S/c1-5-41-26-16-14-22(15-17-26)30-29(33(39)42-6-2)21(3)36-34-37(30)32(38)28(44-34)18-23-12-9-13-27(40-4)31(23)43-20-25-11-8-7-10-24(25)19-35/h7-18,30H,5-6,20H2,1-4H3/b28-18-/t30-/m1/s1. The van der Waals surface area contributed by atoms with E-state index in [1.165, 1.54) is 15.9 Å². The summed E-state index contributed by atoms with van der Waals surface area (Å²) in [6.45, 7) is 6.22. The van der Waals surface area contributed by atoms with Gasteiger partial charge < -0.3 is 18.9 Å². The van der Waals surface area contributed by atoms with Crippen LogP contribution in [-0.2, 0) is 16.1 Å². The van der Waals surface area contributed by atoms with Gasteiger partial charge in [0.15, 0.2) is 16.3 Å². The third kappa shape index (κ3) is 6.00. The lowest BCUT2D eigenvalue weighted by molar-refractivity contribution is -0.139. The highest BCUT2D eigenvalue weighted by Crippen LogP contribution is 2.34. The molecular formula is C34H31N3O6S. The molecular weight excluding hydrogens is 578 g/mol. The summed E-state index contributed by atoms with van der Waals surface area (Å²) in [6, 6.07) is 21.4. The molecule has 0 N–H and O–H groups in total. The maximum Gasteiger partial charge on any atom is 0.338 e. The van der Waals surface area contributed by atoms with Gasteiger partial charge in [0, 0.05) is 11.1 Å². The Kier molecular flexibility index (Phi) is 9.26. The molecule has 5 rings (SSSR count). The first-order chi connectivity index (χ1) is 21.4. The van der Waals surface area contributed by atoms with Gasteiger partial charge in [-0.1, -0.05) is 53.8 Å². The fraction of sp³-hybridized carbons (Fsp3) is 0.235. The Balaban J connectivity index is 1.63. The summed E-state index contributed by atoms with van der Waals surface area (Å²) in [6.07, 6.45) is 1.73. The van der Waals surface area contributed by atoms with Crippen molar-refractivity contribution < 1.29 is 23.7 Å². The lowest BCUT2D eigenvalue weighted by Crippen LogP contribution is -2.39. The maximum absolute atomic E-state index is 14.1. The molecule has 0 amide bonds. The molecule has 0 saturated heterocycles. The average molecular weight is 610 g/mol. The van der Waals surface area contributed by atoms with Crippen LogP contribution in [0, 0.1) is 11.3 Å². The van der Waals surface area contributed by atoms with Crippen molar-refractivity contribution in [1.82, 2.24) is 4.57 Å². The summed E-state index contributed by atoms with van der Waals surface area (Å²) in [5.41, 5.74) is 3.05. The second-order valence-electron chi connectivity index (χ2n) is 9.74. The van der Waals surface area contributed by atoms with Crippen molar-refractivity contribution in [3.63, 3.8) is 0 Å². The number of para-hydroxylation sites is 1. The molecule has 1 atom stereocenters. The van der Waals surface area contributed by atoms with Crippen LogP contribution in [0.5, 0.6) is 17.2 Å². The Morgan fingerprint density at radius 2 is 1.82 bits per heavy atom. The van der Waals surface area contributed by atoms with Crippen molar-refractivity contribution in [2.75, 3.05) is 20.3 Å². The summed E-state index contributed by atoms with van der Waals surface area (Å²) in [4.78, 5) is 32.4. The van der Waals surface area contributed by atoms with Crippen molar-refractivity contribution in [3.05, 3.63) is 120 Å². The molecule has 4 aromatic rings. The van der Waals surface area contributed by atoms with Gasteiger partial charge in [-0.25, -0.2) is 9.79 Å². The number of fused-ring (bicyclic) bond motifs is 1. The van der Waals surface area contributed by atoms with Crippen molar-refractivity contribution in [2.24, 2.45) is 4.99 Å². The Bertz CT molecular complexity index is 1950. The van der Waals surface area contributed by atoms with Crippen molar-refractivity contribution >= 4 is 23.4 Å². The third-order valence-electron chi connectivity index (χ3n) is 7.05. The average Bonchev–Trinajstić information content (AvgIpc) is 3.34. The van der Waals surface area contributed by atoms with Crippen LogP contribution in [0.3, 0.4) is 0 Å². The molecule has 1 aliphatic rings. The Morgan fingerprint density at radius 1 is 1.05 bits per heavy atom. The fourth-order valence-corrected chi connectivity index (χ4v) is 6.07. The molecule has 0 fully saturated rings. The Labute approximate surface area is 258 Å². The first kappa shape index (κ1) is 30.3. The number of nitrogens with zero attached hydrogens (tertiary/aromatic N) is 3. The molecule has 0 spiro atoms. The van der Waals surface area contributed by atoms with Gasteiger partial charge in [-0.05, 0) is 56.7 Å². The zero-order chi connectivity index (χ0) is 31.2. The van der Waals surface area contributed by atoms with E-state index in [9.17, 15) is 14.9 Å². The minimum atomic E-state index is -0.744. The molecule has 1 aromatic heterocycles. The minimum Gasteiger partial charge on any atom is -0.494 e. The number of nitriles is 1. The first-order valence-electron chi connectivity index (χ1n) is 14.1. The lowest BCUT2D eigenvalue weighted by Gasteiger charge is -2.24. The van der Waals surface area contributed by atoms with Crippen LogP contribution in [0.1, 0.15) is 49.1 Å².